The molecule has 176 valence electrons. The van der Waals surface area contributed by atoms with E-state index in [0.717, 1.165) is 68.3 Å². The Kier molecular flexibility index (Phi) is 6.58. The molecule has 2 aromatic carbocycles. The smallest absolute Gasteiger partial charge is 0.242 e. The third-order valence-electron chi connectivity index (χ3n) is 6.45. The second-order valence-corrected chi connectivity index (χ2v) is 8.55. The van der Waals surface area contributed by atoms with Crippen LogP contribution in [0.25, 0.3) is 11.3 Å². The fourth-order valence-electron chi connectivity index (χ4n) is 4.62. The van der Waals surface area contributed by atoms with Gasteiger partial charge in [-0.3, -0.25) is 4.79 Å². The summed E-state index contributed by atoms with van der Waals surface area (Å²) in [6.07, 6.45) is 3.67. The van der Waals surface area contributed by atoms with Crippen LogP contribution in [0.4, 0.5) is 23.0 Å². The third kappa shape index (κ3) is 4.82. The van der Waals surface area contributed by atoms with Crippen molar-refractivity contribution in [3.63, 3.8) is 0 Å². The summed E-state index contributed by atoms with van der Waals surface area (Å²) in [4.78, 5) is 25.8. The van der Waals surface area contributed by atoms with Crippen molar-refractivity contribution in [2.75, 3.05) is 55.0 Å². The van der Waals surface area contributed by atoms with Gasteiger partial charge in [0.15, 0.2) is 0 Å². The minimum atomic E-state index is -0.0969. The molecule has 1 aromatic heterocycles. The Hall–Kier alpha value is -3.65. The lowest BCUT2D eigenvalue weighted by molar-refractivity contribution is -0.121. The lowest BCUT2D eigenvalue weighted by atomic mass is 10.1. The summed E-state index contributed by atoms with van der Waals surface area (Å²) in [5.41, 5.74) is 5.05. The number of morpholine rings is 1. The van der Waals surface area contributed by atoms with Crippen molar-refractivity contribution in [3.05, 3.63) is 60.8 Å². The second-order valence-electron chi connectivity index (χ2n) is 8.55. The van der Waals surface area contributed by atoms with E-state index in [1.54, 1.807) is 13.2 Å². The molecule has 1 atom stereocenters. The first-order valence-electron chi connectivity index (χ1n) is 11.8. The van der Waals surface area contributed by atoms with E-state index in [4.69, 9.17) is 9.72 Å². The lowest BCUT2D eigenvalue weighted by Gasteiger charge is -2.28. The number of ether oxygens (including phenoxy) is 1. The van der Waals surface area contributed by atoms with Crippen LogP contribution in [0.5, 0.6) is 0 Å². The molecule has 3 heterocycles. The molecule has 2 N–H and O–H groups in total. The molecule has 5 rings (SSSR count). The normalized spacial score (nSPS) is 18.1. The van der Waals surface area contributed by atoms with E-state index in [9.17, 15) is 4.79 Å². The molecule has 0 spiro atoms. The van der Waals surface area contributed by atoms with Crippen LogP contribution in [0.15, 0.2) is 60.8 Å². The number of amides is 1. The Morgan fingerprint density at radius 3 is 2.44 bits per heavy atom. The predicted octanol–water partition coefficient (Wildman–Crippen LogP) is 3.44. The standard InChI is InChI=1S/C26H30N6O2/c1-27-25(33)24-3-2-14-32(24)22-8-4-19(5-9-22)23-12-13-28-26(30-23)29-20-6-10-21(11-7-20)31-15-17-34-18-16-31/h4-13,24H,2-3,14-18H2,1H3,(H,27,33)(H,28,29,30)/t24-/m0/s1. The number of likely N-dealkylation sites (N-methyl/N-ethyl adjacent to an activating group) is 1. The molecule has 0 radical (unpaired) electrons. The number of carbonyl (C=O) groups is 1. The van der Waals surface area contributed by atoms with Gasteiger partial charge in [-0.05, 0) is 55.3 Å². The molecule has 8 nitrogen and oxygen atoms in total. The van der Waals surface area contributed by atoms with E-state index < -0.39 is 0 Å². The molecule has 34 heavy (non-hydrogen) atoms. The highest BCUT2D eigenvalue weighted by atomic mass is 16.5. The topological polar surface area (TPSA) is 82.6 Å². The summed E-state index contributed by atoms with van der Waals surface area (Å²) in [5.74, 6) is 0.631. The minimum Gasteiger partial charge on any atom is -0.378 e. The van der Waals surface area contributed by atoms with Crippen molar-refractivity contribution in [2.45, 2.75) is 18.9 Å². The number of rotatable bonds is 6. The lowest BCUT2D eigenvalue weighted by Crippen LogP contribution is -2.41. The van der Waals surface area contributed by atoms with Gasteiger partial charge in [-0.2, -0.15) is 0 Å². The monoisotopic (exact) mass is 458 g/mol. The number of nitrogens with zero attached hydrogens (tertiary/aromatic N) is 4. The molecule has 2 fully saturated rings. The van der Waals surface area contributed by atoms with E-state index >= 15 is 0 Å². The van der Waals surface area contributed by atoms with Crippen LogP contribution in [0.1, 0.15) is 12.8 Å². The largest absolute Gasteiger partial charge is 0.378 e. The average molecular weight is 459 g/mol. The van der Waals surface area contributed by atoms with Crippen molar-refractivity contribution in [2.24, 2.45) is 0 Å². The van der Waals surface area contributed by atoms with Crippen LogP contribution in [0.2, 0.25) is 0 Å². The zero-order chi connectivity index (χ0) is 23.3. The van der Waals surface area contributed by atoms with Crippen LogP contribution in [-0.4, -0.2) is 61.8 Å². The second kappa shape index (κ2) is 10.1. The SMILES string of the molecule is CNC(=O)[C@@H]1CCCN1c1ccc(-c2ccnc(Nc3ccc(N4CCOCC4)cc3)n2)cc1. The maximum atomic E-state index is 12.2. The highest BCUT2D eigenvalue weighted by molar-refractivity contribution is 5.85. The Labute approximate surface area is 200 Å². The number of aromatic nitrogens is 2. The predicted molar refractivity (Wildman–Crippen MR) is 135 cm³/mol. The number of hydrogen-bond donors (Lipinski definition) is 2. The molecule has 8 heteroatoms. The van der Waals surface area contributed by atoms with Crippen molar-refractivity contribution in [3.8, 4) is 11.3 Å². The van der Waals surface area contributed by atoms with Crippen LogP contribution in [0, 0.1) is 0 Å². The highest BCUT2D eigenvalue weighted by Crippen LogP contribution is 2.28. The fourth-order valence-corrected chi connectivity index (χ4v) is 4.62. The minimum absolute atomic E-state index is 0.0751. The van der Waals surface area contributed by atoms with Gasteiger partial charge in [-0.15, -0.1) is 0 Å². The average Bonchev–Trinajstić information content (AvgIpc) is 3.40. The molecular weight excluding hydrogens is 428 g/mol. The molecule has 0 bridgehead atoms. The zero-order valence-electron chi connectivity index (χ0n) is 19.4. The fraction of sp³-hybridized carbons (Fsp3) is 0.346. The molecule has 0 unspecified atom stereocenters. The van der Waals surface area contributed by atoms with Gasteiger partial charge in [0.1, 0.15) is 6.04 Å². The van der Waals surface area contributed by atoms with Gasteiger partial charge in [0.25, 0.3) is 0 Å². The number of benzene rings is 2. The molecule has 2 aliphatic rings. The van der Waals surface area contributed by atoms with Gasteiger partial charge in [0.05, 0.1) is 18.9 Å². The first kappa shape index (κ1) is 22.2. The third-order valence-corrected chi connectivity index (χ3v) is 6.45. The van der Waals surface area contributed by atoms with E-state index in [1.807, 2.05) is 6.07 Å². The highest BCUT2D eigenvalue weighted by Gasteiger charge is 2.30. The van der Waals surface area contributed by atoms with Crippen molar-refractivity contribution in [1.82, 2.24) is 15.3 Å². The summed E-state index contributed by atoms with van der Waals surface area (Å²) in [7, 11) is 1.70. The first-order valence-corrected chi connectivity index (χ1v) is 11.8. The Morgan fingerprint density at radius 1 is 0.971 bits per heavy atom. The molecule has 0 aliphatic carbocycles. The van der Waals surface area contributed by atoms with E-state index in [-0.39, 0.29) is 11.9 Å². The summed E-state index contributed by atoms with van der Waals surface area (Å²) in [6, 6.07) is 18.4. The summed E-state index contributed by atoms with van der Waals surface area (Å²) < 4.78 is 5.43. The van der Waals surface area contributed by atoms with E-state index in [1.165, 1.54) is 5.69 Å². The van der Waals surface area contributed by atoms with Crippen molar-refractivity contribution < 1.29 is 9.53 Å². The maximum Gasteiger partial charge on any atom is 0.242 e. The molecular formula is C26H30N6O2. The van der Waals surface area contributed by atoms with E-state index in [2.05, 4.69) is 73.9 Å². The number of nitrogens with one attached hydrogen (secondary N) is 2. The molecule has 1 amide bonds. The van der Waals surface area contributed by atoms with Gasteiger partial charge in [0.2, 0.25) is 11.9 Å². The maximum absolute atomic E-state index is 12.2. The van der Waals surface area contributed by atoms with Gasteiger partial charge >= 0.3 is 0 Å². The van der Waals surface area contributed by atoms with Crippen molar-refractivity contribution >= 4 is 28.9 Å². The van der Waals surface area contributed by atoms with Crippen LogP contribution < -0.4 is 20.4 Å². The Bertz CT molecular complexity index is 1110. The molecule has 2 saturated heterocycles. The van der Waals surface area contributed by atoms with Gasteiger partial charge < -0.3 is 25.2 Å². The van der Waals surface area contributed by atoms with Gasteiger partial charge in [-0.1, -0.05) is 12.1 Å². The van der Waals surface area contributed by atoms with Crippen LogP contribution in [0.3, 0.4) is 0 Å². The quantitative estimate of drug-likeness (QED) is 0.586. The number of anilines is 4. The molecule has 0 saturated carbocycles. The van der Waals surface area contributed by atoms with E-state index in [0.29, 0.717) is 5.95 Å². The summed E-state index contributed by atoms with van der Waals surface area (Å²) in [5, 5.41) is 6.08. The van der Waals surface area contributed by atoms with Crippen LogP contribution >= 0.6 is 0 Å². The Morgan fingerprint density at radius 2 is 1.71 bits per heavy atom. The van der Waals surface area contributed by atoms with Crippen molar-refractivity contribution in [1.29, 1.82) is 0 Å². The summed E-state index contributed by atoms with van der Waals surface area (Å²) in [6.45, 7) is 4.27. The Balaban J connectivity index is 1.27. The van der Waals surface area contributed by atoms with Gasteiger partial charge in [-0.25, -0.2) is 9.97 Å². The van der Waals surface area contributed by atoms with Gasteiger partial charge in [0, 0.05) is 55.5 Å². The molecule has 3 aromatic rings. The first-order chi connectivity index (χ1) is 16.7. The zero-order valence-corrected chi connectivity index (χ0v) is 19.4. The molecule has 2 aliphatic heterocycles. The summed E-state index contributed by atoms with van der Waals surface area (Å²) >= 11 is 0. The van der Waals surface area contributed by atoms with Crippen LogP contribution in [-0.2, 0) is 9.53 Å². The number of hydrogen-bond acceptors (Lipinski definition) is 7. The number of carbonyl (C=O) groups excluding carboxylic acids is 1.